The summed E-state index contributed by atoms with van der Waals surface area (Å²) in [5, 5.41) is 13.0. The van der Waals surface area contributed by atoms with E-state index in [1.165, 1.54) is 31.4 Å². The van der Waals surface area contributed by atoms with E-state index in [9.17, 15) is 19.7 Å². The van der Waals surface area contributed by atoms with Crippen molar-refractivity contribution in [3.63, 3.8) is 0 Å². The van der Waals surface area contributed by atoms with Crippen LogP contribution in [0.15, 0.2) is 24.3 Å². The first-order valence-electron chi connectivity index (χ1n) is 5.81. The Kier molecular flexibility index (Phi) is 7.95. The zero-order valence-corrected chi connectivity index (χ0v) is 12.1. The largest absolute Gasteiger partial charge is 0.468 e. The van der Waals surface area contributed by atoms with E-state index < -0.39 is 16.9 Å². The number of carbonyl (C=O) groups is 2. The number of rotatable bonds is 6. The molecule has 0 radical (unpaired) electrons. The van der Waals surface area contributed by atoms with Gasteiger partial charge in [-0.25, -0.2) is 0 Å². The molecular formula is C12H16ClN3O5. The maximum absolute atomic E-state index is 11.6. The van der Waals surface area contributed by atoms with Crippen LogP contribution in [0.1, 0.15) is 12.8 Å². The molecule has 1 amide bonds. The summed E-state index contributed by atoms with van der Waals surface area (Å²) in [7, 11) is 1.22. The molecule has 0 aromatic heterocycles. The molecule has 0 saturated heterocycles. The third-order valence-corrected chi connectivity index (χ3v) is 2.55. The summed E-state index contributed by atoms with van der Waals surface area (Å²) < 4.78 is 4.44. The number of amides is 1. The number of nitro benzene ring substituents is 1. The Morgan fingerprint density at radius 3 is 2.43 bits per heavy atom. The number of anilines is 1. The van der Waals surface area contributed by atoms with Gasteiger partial charge in [0.25, 0.3) is 5.69 Å². The Hall–Kier alpha value is -2.19. The van der Waals surface area contributed by atoms with E-state index in [0.29, 0.717) is 5.69 Å². The lowest BCUT2D eigenvalue weighted by atomic mass is 10.1. The van der Waals surface area contributed by atoms with Gasteiger partial charge in [-0.1, -0.05) is 0 Å². The highest BCUT2D eigenvalue weighted by atomic mass is 35.5. The summed E-state index contributed by atoms with van der Waals surface area (Å²) >= 11 is 0. The first kappa shape index (κ1) is 18.8. The van der Waals surface area contributed by atoms with Gasteiger partial charge in [0, 0.05) is 24.2 Å². The van der Waals surface area contributed by atoms with Gasteiger partial charge in [-0.2, -0.15) is 0 Å². The van der Waals surface area contributed by atoms with E-state index >= 15 is 0 Å². The number of benzene rings is 1. The van der Waals surface area contributed by atoms with Crippen molar-refractivity contribution in [3.8, 4) is 0 Å². The van der Waals surface area contributed by atoms with Crippen molar-refractivity contribution in [2.24, 2.45) is 5.73 Å². The number of nitro groups is 1. The molecule has 0 aliphatic rings. The summed E-state index contributed by atoms with van der Waals surface area (Å²) in [6, 6.07) is 4.58. The fraction of sp³-hybridized carbons (Fsp3) is 0.333. The minimum absolute atomic E-state index is 0. The number of esters is 1. The van der Waals surface area contributed by atoms with Gasteiger partial charge >= 0.3 is 5.97 Å². The lowest BCUT2D eigenvalue weighted by Gasteiger charge is -2.09. The van der Waals surface area contributed by atoms with Gasteiger partial charge in [-0.3, -0.25) is 19.7 Å². The molecule has 1 rings (SSSR count). The second-order valence-corrected chi connectivity index (χ2v) is 4.02. The maximum Gasteiger partial charge on any atom is 0.322 e. The number of methoxy groups -OCH3 is 1. The third-order valence-electron chi connectivity index (χ3n) is 2.55. The second-order valence-electron chi connectivity index (χ2n) is 4.02. The highest BCUT2D eigenvalue weighted by molar-refractivity contribution is 5.91. The number of hydrogen-bond donors (Lipinski definition) is 2. The van der Waals surface area contributed by atoms with Crippen molar-refractivity contribution in [3.05, 3.63) is 34.4 Å². The average molecular weight is 318 g/mol. The van der Waals surface area contributed by atoms with Crippen LogP contribution in [0.4, 0.5) is 11.4 Å². The predicted octanol–water partition coefficient (Wildman–Crippen LogP) is 1.24. The van der Waals surface area contributed by atoms with Crippen LogP contribution < -0.4 is 11.1 Å². The van der Waals surface area contributed by atoms with Gasteiger partial charge in [0.2, 0.25) is 5.91 Å². The van der Waals surface area contributed by atoms with Crippen molar-refractivity contribution >= 4 is 35.7 Å². The Morgan fingerprint density at radius 2 is 1.95 bits per heavy atom. The number of non-ortho nitro benzene ring substituents is 1. The molecule has 0 aliphatic carbocycles. The smallest absolute Gasteiger partial charge is 0.322 e. The van der Waals surface area contributed by atoms with Gasteiger partial charge < -0.3 is 15.8 Å². The zero-order chi connectivity index (χ0) is 15.1. The number of carbonyl (C=O) groups excluding carboxylic acids is 2. The fourth-order valence-corrected chi connectivity index (χ4v) is 1.45. The normalized spacial score (nSPS) is 11.0. The average Bonchev–Trinajstić information content (AvgIpc) is 2.44. The number of nitrogens with one attached hydrogen (secondary N) is 1. The SMILES string of the molecule is COC(=O)[C@@H](N)CCC(=O)Nc1ccc([N+](=O)[O-])cc1.Cl. The minimum atomic E-state index is -0.845. The van der Waals surface area contributed by atoms with Crippen molar-refractivity contribution in [2.45, 2.75) is 18.9 Å². The number of nitrogens with two attached hydrogens (primary N) is 1. The first-order chi connectivity index (χ1) is 9.43. The summed E-state index contributed by atoms with van der Waals surface area (Å²) in [4.78, 5) is 32.6. The Labute approximate surface area is 127 Å². The quantitative estimate of drug-likeness (QED) is 0.462. The molecule has 116 valence electrons. The molecule has 21 heavy (non-hydrogen) atoms. The molecule has 0 fully saturated rings. The highest BCUT2D eigenvalue weighted by Gasteiger charge is 2.15. The van der Waals surface area contributed by atoms with Gasteiger partial charge in [-0.05, 0) is 18.6 Å². The minimum Gasteiger partial charge on any atom is -0.468 e. The van der Waals surface area contributed by atoms with Gasteiger partial charge in [-0.15, -0.1) is 12.4 Å². The molecule has 0 aliphatic heterocycles. The van der Waals surface area contributed by atoms with Gasteiger partial charge in [0.15, 0.2) is 0 Å². The van der Waals surface area contributed by atoms with Gasteiger partial charge in [0.05, 0.1) is 12.0 Å². The molecule has 9 heteroatoms. The number of ether oxygens (including phenoxy) is 1. The van der Waals surface area contributed by atoms with Crippen LogP contribution in [0, 0.1) is 10.1 Å². The Bertz CT molecular complexity index is 506. The highest BCUT2D eigenvalue weighted by Crippen LogP contribution is 2.15. The molecular weight excluding hydrogens is 302 g/mol. The number of halogens is 1. The van der Waals surface area contributed by atoms with Crippen LogP contribution in [0.2, 0.25) is 0 Å². The van der Waals surface area contributed by atoms with Crippen molar-refractivity contribution in [1.29, 1.82) is 0 Å². The fourth-order valence-electron chi connectivity index (χ4n) is 1.45. The summed E-state index contributed by atoms with van der Waals surface area (Å²) in [6.45, 7) is 0. The van der Waals surface area contributed by atoms with Crippen LogP contribution in [0.5, 0.6) is 0 Å². The summed E-state index contributed by atoms with van der Waals surface area (Å²) in [6.07, 6.45) is 0.207. The molecule has 1 aromatic carbocycles. The second kappa shape index (κ2) is 8.88. The first-order valence-corrected chi connectivity index (χ1v) is 5.81. The van der Waals surface area contributed by atoms with Gasteiger partial charge in [0.1, 0.15) is 6.04 Å². The lowest BCUT2D eigenvalue weighted by molar-refractivity contribution is -0.384. The van der Waals surface area contributed by atoms with E-state index in [2.05, 4.69) is 10.1 Å². The van der Waals surface area contributed by atoms with E-state index in [1.54, 1.807) is 0 Å². The summed E-state index contributed by atoms with van der Waals surface area (Å²) in [5.41, 5.74) is 5.87. The van der Waals surface area contributed by atoms with Crippen LogP contribution in [0.25, 0.3) is 0 Å². The standard InChI is InChI=1S/C12H15N3O5.ClH/c1-20-12(17)10(13)6-7-11(16)14-8-2-4-9(5-3-8)15(18)19;/h2-5,10H,6-7,13H2,1H3,(H,14,16);1H/t10-;/m0./s1. The molecule has 0 bridgehead atoms. The molecule has 1 atom stereocenters. The lowest BCUT2D eigenvalue weighted by Crippen LogP contribution is -2.32. The third kappa shape index (κ3) is 6.19. The summed E-state index contributed by atoms with van der Waals surface area (Å²) in [5.74, 6) is -0.911. The van der Waals surface area contributed by atoms with Crippen molar-refractivity contribution in [2.75, 3.05) is 12.4 Å². The van der Waals surface area contributed by atoms with Crippen molar-refractivity contribution in [1.82, 2.24) is 0 Å². The Balaban J connectivity index is 0.00000400. The predicted molar refractivity (Wildman–Crippen MR) is 78.2 cm³/mol. The molecule has 3 N–H and O–H groups in total. The number of nitrogens with zero attached hydrogens (tertiary/aromatic N) is 1. The van der Waals surface area contributed by atoms with Crippen LogP contribution >= 0.6 is 12.4 Å². The maximum atomic E-state index is 11.6. The van der Waals surface area contributed by atoms with E-state index in [1.807, 2.05) is 0 Å². The molecule has 0 spiro atoms. The molecule has 0 saturated carbocycles. The topological polar surface area (TPSA) is 125 Å². The van der Waals surface area contributed by atoms with Crippen LogP contribution in [-0.2, 0) is 14.3 Å². The molecule has 0 heterocycles. The Morgan fingerprint density at radius 1 is 1.38 bits per heavy atom. The molecule has 0 unspecified atom stereocenters. The molecule has 8 nitrogen and oxygen atoms in total. The monoisotopic (exact) mass is 317 g/mol. The zero-order valence-electron chi connectivity index (χ0n) is 11.3. The van der Waals surface area contributed by atoms with E-state index in [4.69, 9.17) is 5.73 Å². The number of hydrogen-bond acceptors (Lipinski definition) is 6. The molecule has 1 aromatic rings. The van der Waals surface area contributed by atoms with Crippen LogP contribution in [0.3, 0.4) is 0 Å². The van der Waals surface area contributed by atoms with Crippen molar-refractivity contribution < 1.29 is 19.2 Å². The van der Waals surface area contributed by atoms with E-state index in [0.717, 1.165) is 0 Å². The van der Waals surface area contributed by atoms with E-state index in [-0.39, 0.29) is 36.8 Å². The van der Waals surface area contributed by atoms with Crippen LogP contribution in [-0.4, -0.2) is 30.0 Å².